The molecule has 0 saturated carbocycles. The van der Waals surface area contributed by atoms with Gasteiger partial charge >= 0.3 is 0 Å². The molecule has 2 aromatic rings. The molecule has 3 heterocycles. The maximum absolute atomic E-state index is 13.3. The van der Waals surface area contributed by atoms with Crippen LogP contribution in [0.25, 0.3) is 0 Å². The molecule has 0 aliphatic carbocycles. The Bertz CT molecular complexity index is 871. The Hall–Kier alpha value is -2.70. The van der Waals surface area contributed by atoms with E-state index in [1.807, 2.05) is 18.7 Å². The van der Waals surface area contributed by atoms with Gasteiger partial charge in [0.05, 0.1) is 29.2 Å². The molecule has 7 heteroatoms. The van der Waals surface area contributed by atoms with Gasteiger partial charge < -0.3 is 15.5 Å². The molecule has 1 aromatic heterocycles. The van der Waals surface area contributed by atoms with Crippen LogP contribution in [0, 0.1) is 25.6 Å². The topological polar surface area (TPSA) is 75.4 Å². The summed E-state index contributed by atoms with van der Waals surface area (Å²) in [6.45, 7) is 6.16. The maximum atomic E-state index is 13.3. The van der Waals surface area contributed by atoms with Crippen LogP contribution in [0.3, 0.4) is 0 Å². The minimum Gasteiger partial charge on any atom is -0.398 e. The first-order valence-electron chi connectivity index (χ1n) is 8.85. The summed E-state index contributed by atoms with van der Waals surface area (Å²) in [6, 6.07) is 4.18. The molecule has 136 valence electrons. The standard InChI is InChI=1S/C19H22FN5O/c1-11-12(2)23-18(8-22-11)25-9-13-5-6-24(10-17(13)25)19(26)15-4-3-14(20)7-16(15)21/h3-4,7-8,13,17H,5-6,9-10,21H2,1-2H3/t13-,17-/m0/s1. The second kappa shape index (κ2) is 6.23. The average Bonchev–Trinajstić information content (AvgIpc) is 2.58. The summed E-state index contributed by atoms with van der Waals surface area (Å²) >= 11 is 0. The molecular formula is C19H22FN5O. The van der Waals surface area contributed by atoms with Gasteiger partial charge in [0.2, 0.25) is 0 Å². The first kappa shape index (κ1) is 16.8. The van der Waals surface area contributed by atoms with Gasteiger partial charge in [-0.1, -0.05) is 0 Å². The number of nitrogen functional groups attached to an aromatic ring is 1. The van der Waals surface area contributed by atoms with E-state index in [2.05, 4.69) is 14.9 Å². The first-order chi connectivity index (χ1) is 12.4. The quantitative estimate of drug-likeness (QED) is 0.836. The van der Waals surface area contributed by atoms with Gasteiger partial charge in [0.25, 0.3) is 5.91 Å². The third-order valence-electron chi connectivity index (χ3n) is 5.56. The molecule has 0 unspecified atom stereocenters. The van der Waals surface area contributed by atoms with Crippen molar-refractivity contribution in [2.24, 2.45) is 5.92 Å². The van der Waals surface area contributed by atoms with E-state index >= 15 is 0 Å². The molecule has 4 rings (SSSR count). The lowest BCUT2D eigenvalue weighted by Gasteiger charge is -2.54. The Morgan fingerprint density at radius 2 is 2.08 bits per heavy atom. The van der Waals surface area contributed by atoms with Crippen LogP contribution in [0.1, 0.15) is 28.2 Å². The zero-order valence-electron chi connectivity index (χ0n) is 14.9. The fraction of sp³-hybridized carbons (Fsp3) is 0.421. The molecule has 0 spiro atoms. The van der Waals surface area contributed by atoms with Crippen molar-refractivity contribution in [1.29, 1.82) is 0 Å². The molecule has 2 saturated heterocycles. The number of likely N-dealkylation sites (tertiary alicyclic amines) is 1. The molecular weight excluding hydrogens is 333 g/mol. The van der Waals surface area contributed by atoms with Gasteiger partial charge in [0, 0.05) is 31.2 Å². The summed E-state index contributed by atoms with van der Waals surface area (Å²) in [5.41, 5.74) is 8.24. The summed E-state index contributed by atoms with van der Waals surface area (Å²) in [7, 11) is 0. The second-order valence-corrected chi connectivity index (χ2v) is 7.15. The van der Waals surface area contributed by atoms with Crippen molar-refractivity contribution in [3.05, 3.63) is 47.2 Å². The SMILES string of the molecule is Cc1ncc(N2C[C@@H]3CCN(C(=O)c4ccc(F)cc4N)C[C@@H]32)nc1C. The number of hydrogen-bond donors (Lipinski definition) is 1. The number of carbonyl (C=O) groups excluding carboxylic acids is 1. The lowest BCUT2D eigenvalue weighted by Crippen LogP contribution is -2.65. The van der Waals surface area contributed by atoms with E-state index in [-0.39, 0.29) is 17.6 Å². The predicted octanol–water partition coefficient (Wildman–Crippen LogP) is 2.17. The van der Waals surface area contributed by atoms with Crippen molar-refractivity contribution in [1.82, 2.24) is 14.9 Å². The van der Waals surface area contributed by atoms with Crippen LogP contribution in [0.2, 0.25) is 0 Å². The number of aromatic nitrogens is 2. The molecule has 2 N–H and O–H groups in total. The Balaban J connectivity index is 1.51. The molecule has 2 atom stereocenters. The highest BCUT2D eigenvalue weighted by molar-refractivity contribution is 5.99. The van der Waals surface area contributed by atoms with E-state index < -0.39 is 5.82 Å². The maximum Gasteiger partial charge on any atom is 0.256 e. The summed E-state index contributed by atoms with van der Waals surface area (Å²) in [5, 5.41) is 0. The van der Waals surface area contributed by atoms with E-state index in [0.717, 1.165) is 30.2 Å². The van der Waals surface area contributed by atoms with E-state index in [4.69, 9.17) is 5.73 Å². The number of carbonyl (C=O) groups is 1. The number of amides is 1. The minimum atomic E-state index is -0.434. The van der Waals surface area contributed by atoms with Crippen molar-refractivity contribution in [2.45, 2.75) is 26.3 Å². The number of piperidine rings is 1. The number of benzene rings is 1. The third kappa shape index (κ3) is 2.77. The first-order valence-corrected chi connectivity index (χ1v) is 8.85. The van der Waals surface area contributed by atoms with Gasteiger partial charge in [-0.3, -0.25) is 9.78 Å². The van der Waals surface area contributed by atoms with Crippen LogP contribution in [-0.4, -0.2) is 46.5 Å². The minimum absolute atomic E-state index is 0.140. The zero-order chi connectivity index (χ0) is 18.4. The van der Waals surface area contributed by atoms with E-state index in [1.165, 1.54) is 18.2 Å². The highest BCUT2D eigenvalue weighted by Gasteiger charge is 2.44. The molecule has 0 bridgehead atoms. The Labute approximate surface area is 151 Å². The van der Waals surface area contributed by atoms with Gasteiger partial charge in [-0.15, -0.1) is 0 Å². The average molecular weight is 355 g/mol. The van der Waals surface area contributed by atoms with Gasteiger partial charge in [-0.2, -0.15) is 0 Å². The van der Waals surface area contributed by atoms with Crippen molar-refractivity contribution < 1.29 is 9.18 Å². The van der Waals surface area contributed by atoms with Crippen LogP contribution >= 0.6 is 0 Å². The van der Waals surface area contributed by atoms with Crippen LogP contribution in [0.15, 0.2) is 24.4 Å². The number of hydrogen-bond acceptors (Lipinski definition) is 5. The number of nitrogens with zero attached hydrogens (tertiary/aromatic N) is 4. The van der Waals surface area contributed by atoms with Gasteiger partial charge in [-0.25, -0.2) is 9.37 Å². The summed E-state index contributed by atoms with van der Waals surface area (Å²) in [6.07, 6.45) is 2.75. The van der Waals surface area contributed by atoms with Crippen LogP contribution in [0.5, 0.6) is 0 Å². The van der Waals surface area contributed by atoms with E-state index in [9.17, 15) is 9.18 Å². The molecule has 2 aliphatic rings. The number of aryl methyl sites for hydroxylation is 2. The van der Waals surface area contributed by atoms with Crippen LogP contribution in [0.4, 0.5) is 15.9 Å². The molecule has 2 aliphatic heterocycles. The molecule has 1 aromatic carbocycles. The van der Waals surface area contributed by atoms with Gasteiger partial charge in [-0.05, 0) is 38.5 Å². The zero-order valence-corrected chi connectivity index (χ0v) is 14.9. The molecule has 1 amide bonds. The normalized spacial score (nSPS) is 22.0. The predicted molar refractivity (Wildman–Crippen MR) is 97.5 cm³/mol. The fourth-order valence-electron chi connectivity index (χ4n) is 3.81. The lowest BCUT2D eigenvalue weighted by molar-refractivity contribution is 0.0592. The molecule has 26 heavy (non-hydrogen) atoms. The molecule has 6 nitrogen and oxygen atoms in total. The number of anilines is 2. The highest BCUT2D eigenvalue weighted by atomic mass is 19.1. The molecule has 0 radical (unpaired) electrons. The van der Waals surface area contributed by atoms with Gasteiger partial charge in [0.1, 0.15) is 11.6 Å². The van der Waals surface area contributed by atoms with Crippen LogP contribution < -0.4 is 10.6 Å². The number of fused-ring (bicyclic) bond motifs is 1. The van der Waals surface area contributed by atoms with E-state index in [0.29, 0.717) is 24.6 Å². The van der Waals surface area contributed by atoms with Crippen molar-refractivity contribution in [3.63, 3.8) is 0 Å². The van der Waals surface area contributed by atoms with Crippen molar-refractivity contribution in [2.75, 3.05) is 30.3 Å². The second-order valence-electron chi connectivity index (χ2n) is 7.15. The Morgan fingerprint density at radius 3 is 2.81 bits per heavy atom. The Morgan fingerprint density at radius 1 is 1.27 bits per heavy atom. The van der Waals surface area contributed by atoms with Crippen molar-refractivity contribution >= 4 is 17.4 Å². The van der Waals surface area contributed by atoms with Crippen molar-refractivity contribution in [3.8, 4) is 0 Å². The highest BCUT2D eigenvalue weighted by Crippen LogP contribution is 2.36. The third-order valence-corrected chi connectivity index (χ3v) is 5.56. The smallest absolute Gasteiger partial charge is 0.256 e. The monoisotopic (exact) mass is 355 g/mol. The Kier molecular flexibility index (Phi) is 4.01. The summed E-state index contributed by atoms with van der Waals surface area (Å²) < 4.78 is 13.3. The largest absolute Gasteiger partial charge is 0.398 e. The lowest BCUT2D eigenvalue weighted by atomic mass is 9.82. The van der Waals surface area contributed by atoms with Gasteiger partial charge in [0.15, 0.2) is 0 Å². The summed E-state index contributed by atoms with van der Waals surface area (Å²) in [4.78, 5) is 25.9. The number of rotatable bonds is 2. The summed E-state index contributed by atoms with van der Waals surface area (Å²) in [5.74, 6) is 0.855. The number of halogens is 1. The van der Waals surface area contributed by atoms with E-state index in [1.54, 1.807) is 6.20 Å². The molecule has 2 fully saturated rings. The fourth-order valence-corrected chi connectivity index (χ4v) is 3.81. The van der Waals surface area contributed by atoms with Crippen LogP contribution in [-0.2, 0) is 0 Å². The number of nitrogens with two attached hydrogens (primary N) is 1.